The summed E-state index contributed by atoms with van der Waals surface area (Å²) in [5.41, 5.74) is 5.84. The number of hydrogen-bond donors (Lipinski definition) is 1. The average Bonchev–Trinajstić information content (AvgIpc) is 2.87. The van der Waals surface area contributed by atoms with Gasteiger partial charge in [0.15, 0.2) is 0 Å². The number of nitro groups is 1. The van der Waals surface area contributed by atoms with Crippen molar-refractivity contribution in [3.05, 3.63) is 27.1 Å². The minimum absolute atomic E-state index is 0.00224. The van der Waals surface area contributed by atoms with Crippen LogP contribution in [0.15, 0.2) is 12.1 Å². The van der Waals surface area contributed by atoms with E-state index in [1.165, 1.54) is 12.1 Å². The molecule has 0 radical (unpaired) electrons. The van der Waals surface area contributed by atoms with Gasteiger partial charge in [-0.15, -0.1) is 0 Å². The van der Waals surface area contributed by atoms with Gasteiger partial charge in [-0.2, -0.15) is 0 Å². The smallest absolute Gasteiger partial charge is 0.324 e. The van der Waals surface area contributed by atoms with Crippen LogP contribution in [-0.2, 0) is 0 Å². The molecule has 0 atom stereocenters. The number of hydrogen-bond acceptors (Lipinski definition) is 5. The van der Waals surface area contributed by atoms with Crippen LogP contribution >= 0.6 is 11.3 Å². The van der Waals surface area contributed by atoms with Crippen molar-refractivity contribution < 1.29 is 9.72 Å². The Morgan fingerprint density at radius 2 is 2.05 bits per heavy atom. The predicted octanol–water partition coefficient (Wildman–Crippen LogP) is 2.00. The standard InChI is InChI=1S/C12H17N3O3S/c1-14(9-4-2-8(13)3-5-9)12(16)10-6-7-11(19-10)15(17)18/h6-9H,2-5,13H2,1H3. The van der Waals surface area contributed by atoms with E-state index in [2.05, 4.69) is 0 Å². The van der Waals surface area contributed by atoms with Gasteiger partial charge >= 0.3 is 5.00 Å². The lowest BCUT2D eigenvalue weighted by Crippen LogP contribution is -2.41. The van der Waals surface area contributed by atoms with E-state index in [-0.39, 0.29) is 23.0 Å². The average molecular weight is 283 g/mol. The van der Waals surface area contributed by atoms with Gasteiger partial charge in [0.2, 0.25) is 0 Å². The van der Waals surface area contributed by atoms with Gasteiger partial charge in [-0.05, 0) is 31.7 Å². The van der Waals surface area contributed by atoms with E-state index in [1.807, 2.05) is 0 Å². The van der Waals surface area contributed by atoms with Gasteiger partial charge in [-0.1, -0.05) is 11.3 Å². The first-order valence-corrected chi connectivity index (χ1v) is 7.07. The van der Waals surface area contributed by atoms with Crippen molar-refractivity contribution in [1.29, 1.82) is 0 Å². The molecule has 0 unspecified atom stereocenters. The molecule has 1 aromatic heterocycles. The highest BCUT2D eigenvalue weighted by Gasteiger charge is 2.27. The highest BCUT2D eigenvalue weighted by Crippen LogP contribution is 2.27. The molecule has 1 heterocycles. The van der Waals surface area contributed by atoms with Crippen LogP contribution in [0.4, 0.5) is 5.00 Å². The molecule has 1 aliphatic rings. The molecule has 0 saturated heterocycles. The monoisotopic (exact) mass is 283 g/mol. The summed E-state index contributed by atoms with van der Waals surface area (Å²) in [6, 6.07) is 3.33. The minimum Gasteiger partial charge on any atom is -0.338 e. The summed E-state index contributed by atoms with van der Waals surface area (Å²) in [5, 5.41) is 10.6. The summed E-state index contributed by atoms with van der Waals surface area (Å²) in [5.74, 6) is -0.140. The van der Waals surface area contributed by atoms with Gasteiger partial charge in [0.1, 0.15) is 0 Å². The predicted molar refractivity (Wildman–Crippen MR) is 73.3 cm³/mol. The van der Waals surface area contributed by atoms with Gasteiger partial charge in [0.25, 0.3) is 5.91 Å². The topological polar surface area (TPSA) is 89.5 Å². The Morgan fingerprint density at radius 3 is 2.58 bits per heavy atom. The number of amides is 1. The molecule has 6 nitrogen and oxygen atoms in total. The first kappa shape index (κ1) is 14.0. The van der Waals surface area contributed by atoms with E-state index in [1.54, 1.807) is 11.9 Å². The second kappa shape index (κ2) is 5.66. The van der Waals surface area contributed by atoms with Crippen LogP contribution in [0.1, 0.15) is 35.4 Å². The third-order valence-corrected chi connectivity index (χ3v) is 4.62. The number of carbonyl (C=O) groups excluding carboxylic acids is 1. The van der Waals surface area contributed by atoms with Gasteiger partial charge in [0.05, 0.1) is 9.80 Å². The molecule has 0 bridgehead atoms. The Kier molecular flexibility index (Phi) is 4.16. The van der Waals surface area contributed by atoms with Gasteiger partial charge in [-0.25, -0.2) is 0 Å². The van der Waals surface area contributed by atoms with Gasteiger partial charge in [-0.3, -0.25) is 14.9 Å². The molecule has 1 amide bonds. The minimum atomic E-state index is -0.471. The number of nitrogens with zero attached hydrogens (tertiary/aromatic N) is 2. The SMILES string of the molecule is CN(C(=O)c1ccc([N+](=O)[O-])s1)C1CCC(N)CC1. The van der Waals surface area contributed by atoms with Crippen molar-refractivity contribution in [3.8, 4) is 0 Å². The summed E-state index contributed by atoms with van der Waals surface area (Å²) >= 11 is 0.927. The Hall–Kier alpha value is -1.47. The summed E-state index contributed by atoms with van der Waals surface area (Å²) in [6.07, 6.45) is 3.65. The van der Waals surface area contributed by atoms with Crippen LogP contribution in [0.2, 0.25) is 0 Å². The quantitative estimate of drug-likeness (QED) is 0.678. The molecular weight excluding hydrogens is 266 g/mol. The molecule has 1 saturated carbocycles. The molecular formula is C12H17N3O3S. The van der Waals surface area contributed by atoms with Crippen molar-refractivity contribution in [1.82, 2.24) is 4.90 Å². The maximum absolute atomic E-state index is 12.2. The zero-order chi connectivity index (χ0) is 14.0. The van der Waals surface area contributed by atoms with E-state index in [9.17, 15) is 14.9 Å². The van der Waals surface area contributed by atoms with Gasteiger partial charge < -0.3 is 10.6 Å². The lowest BCUT2D eigenvalue weighted by molar-refractivity contribution is -0.380. The molecule has 0 spiro atoms. The van der Waals surface area contributed by atoms with Crippen molar-refractivity contribution in [3.63, 3.8) is 0 Å². The van der Waals surface area contributed by atoms with Crippen LogP contribution in [0.3, 0.4) is 0 Å². The molecule has 1 aromatic rings. The summed E-state index contributed by atoms with van der Waals surface area (Å²) in [7, 11) is 1.76. The largest absolute Gasteiger partial charge is 0.338 e. The lowest BCUT2D eigenvalue weighted by atomic mass is 9.91. The molecule has 1 fully saturated rings. The third-order valence-electron chi connectivity index (χ3n) is 3.59. The molecule has 2 N–H and O–H groups in total. The first-order valence-electron chi connectivity index (χ1n) is 6.26. The molecule has 0 aromatic carbocycles. The van der Waals surface area contributed by atoms with E-state index in [0.717, 1.165) is 37.0 Å². The molecule has 7 heteroatoms. The van der Waals surface area contributed by atoms with Crippen LogP contribution in [0, 0.1) is 10.1 Å². The Balaban J connectivity index is 2.03. The first-order chi connectivity index (χ1) is 8.99. The number of nitrogens with two attached hydrogens (primary N) is 1. The van der Waals surface area contributed by atoms with E-state index >= 15 is 0 Å². The Morgan fingerprint density at radius 1 is 1.42 bits per heavy atom. The lowest BCUT2D eigenvalue weighted by Gasteiger charge is -2.33. The highest BCUT2D eigenvalue weighted by atomic mass is 32.1. The zero-order valence-corrected chi connectivity index (χ0v) is 11.6. The third kappa shape index (κ3) is 3.10. The summed E-state index contributed by atoms with van der Waals surface area (Å²) < 4.78 is 0. The van der Waals surface area contributed by atoms with E-state index in [0.29, 0.717) is 4.88 Å². The fourth-order valence-electron chi connectivity index (χ4n) is 2.37. The van der Waals surface area contributed by atoms with Crippen LogP contribution in [0.25, 0.3) is 0 Å². The normalized spacial score (nSPS) is 23.1. The van der Waals surface area contributed by atoms with Crippen molar-refractivity contribution in [2.75, 3.05) is 7.05 Å². The maximum atomic E-state index is 12.2. The molecule has 2 rings (SSSR count). The molecule has 104 valence electrons. The number of thiophene rings is 1. The Labute approximate surface area is 115 Å². The maximum Gasteiger partial charge on any atom is 0.324 e. The fourth-order valence-corrected chi connectivity index (χ4v) is 3.17. The van der Waals surface area contributed by atoms with Crippen molar-refractivity contribution >= 4 is 22.2 Å². The van der Waals surface area contributed by atoms with Crippen molar-refractivity contribution in [2.45, 2.75) is 37.8 Å². The van der Waals surface area contributed by atoms with E-state index in [4.69, 9.17) is 5.73 Å². The van der Waals surface area contributed by atoms with E-state index < -0.39 is 4.92 Å². The molecule has 1 aliphatic carbocycles. The number of carbonyl (C=O) groups is 1. The van der Waals surface area contributed by atoms with Crippen LogP contribution in [-0.4, -0.2) is 34.9 Å². The second-order valence-corrected chi connectivity index (χ2v) is 5.94. The van der Waals surface area contributed by atoms with Crippen LogP contribution in [0.5, 0.6) is 0 Å². The second-order valence-electron chi connectivity index (χ2n) is 4.88. The summed E-state index contributed by atoms with van der Waals surface area (Å²) in [6.45, 7) is 0. The van der Waals surface area contributed by atoms with Crippen LogP contribution < -0.4 is 5.73 Å². The number of rotatable bonds is 3. The fraction of sp³-hybridized carbons (Fsp3) is 0.583. The Bertz CT molecular complexity index is 480. The van der Waals surface area contributed by atoms with Crippen molar-refractivity contribution in [2.24, 2.45) is 5.73 Å². The summed E-state index contributed by atoms with van der Waals surface area (Å²) in [4.78, 5) is 24.5. The zero-order valence-electron chi connectivity index (χ0n) is 10.7. The molecule has 19 heavy (non-hydrogen) atoms. The van der Waals surface area contributed by atoms with Gasteiger partial charge in [0, 0.05) is 25.2 Å². The molecule has 0 aliphatic heterocycles. The highest BCUT2D eigenvalue weighted by molar-refractivity contribution is 7.17.